The van der Waals surface area contributed by atoms with Gasteiger partial charge >= 0.3 is 0 Å². The number of fused-ring (bicyclic) bond motifs is 1. The summed E-state index contributed by atoms with van der Waals surface area (Å²) < 4.78 is 29.1. The van der Waals surface area contributed by atoms with E-state index < -0.39 is 15.9 Å². The van der Waals surface area contributed by atoms with Crippen LogP contribution in [-0.2, 0) is 21.4 Å². The van der Waals surface area contributed by atoms with Gasteiger partial charge in [-0.05, 0) is 43.2 Å². The van der Waals surface area contributed by atoms with Crippen molar-refractivity contribution in [1.82, 2.24) is 14.1 Å². The molecule has 1 fully saturated rings. The van der Waals surface area contributed by atoms with Gasteiger partial charge in [0.2, 0.25) is 21.4 Å². The molecule has 1 aliphatic heterocycles. The summed E-state index contributed by atoms with van der Waals surface area (Å²) in [5.41, 5.74) is 0.503. The molecule has 1 N–H and O–H groups in total. The van der Waals surface area contributed by atoms with Gasteiger partial charge in [-0.1, -0.05) is 36.6 Å². The molecule has 1 aliphatic rings. The van der Waals surface area contributed by atoms with E-state index in [1.807, 2.05) is 0 Å². The van der Waals surface area contributed by atoms with Crippen molar-refractivity contribution >= 4 is 44.1 Å². The highest BCUT2D eigenvalue weighted by Gasteiger charge is 2.26. The van der Waals surface area contributed by atoms with E-state index in [-0.39, 0.29) is 27.6 Å². The fourth-order valence-corrected chi connectivity index (χ4v) is 5.51. The number of para-hydroxylation sites is 1. The molecule has 3 aromatic rings. The molecule has 1 saturated heterocycles. The molecule has 32 heavy (non-hydrogen) atoms. The molecular weight excluding hydrogens is 452 g/mol. The number of amides is 1. The highest BCUT2D eigenvalue weighted by molar-refractivity contribution is 7.89. The van der Waals surface area contributed by atoms with Crippen LogP contribution in [0, 0.1) is 0 Å². The van der Waals surface area contributed by atoms with Crippen molar-refractivity contribution in [2.24, 2.45) is 0 Å². The lowest BCUT2D eigenvalue weighted by Crippen LogP contribution is -2.32. The number of rotatable bonds is 5. The number of anilines is 1. The minimum atomic E-state index is -3.68. The van der Waals surface area contributed by atoms with E-state index in [2.05, 4.69) is 10.4 Å². The maximum Gasteiger partial charge on any atom is 0.246 e. The normalized spacial score (nSPS) is 15.4. The first-order valence-electron chi connectivity index (χ1n) is 10.4. The van der Waals surface area contributed by atoms with E-state index in [0.717, 1.165) is 31.9 Å². The molecule has 10 heteroatoms. The van der Waals surface area contributed by atoms with Crippen molar-refractivity contribution in [3.63, 3.8) is 0 Å². The number of nitrogens with zero attached hydrogens (tertiary/aromatic N) is 3. The van der Waals surface area contributed by atoms with E-state index in [1.165, 1.54) is 27.2 Å². The van der Waals surface area contributed by atoms with Crippen molar-refractivity contribution in [3.8, 4) is 0 Å². The Hall–Kier alpha value is -2.75. The first-order valence-corrected chi connectivity index (χ1v) is 12.2. The molecule has 8 nitrogen and oxygen atoms in total. The Morgan fingerprint density at radius 3 is 2.53 bits per heavy atom. The first-order chi connectivity index (χ1) is 15.4. The average molecular weight is 475 g/mol. The van der Waals surface area contributed by atoms with Crippen LogP contribution in [0.1, 0.15) is 25.7 Å². The van der Waals surface area contributed by atoms with Crippen molar-refractivity contribution < 1.29 is 13.2 Å². The molecule has 168 valence electrons. The zero-order chi connectivity index (χ0) is 22.7. The van der Waals surface area contributed by atoms with Gasteiger partial charge in [-0.2, -0.15) is 9.40 Å². The van der Waals surface area contributed by atoms with E-state index >= 15 is 0 Å². The topological polar surface area (TPSA) is 101 Å². The van der Waals surface area contributed by atoms with Crippen LogP contribution in [0.2, 0.25) is 5.02 Å². The predicted molar refractivity (Wildman–Crippen MR) is 123 cm³/mol. The number of aromatic nitrogens is 2. The molecule has 2 heterocycles. The van der Waals surface area contributed by atoms with Crippen LogP contribution >= 0.6 is 11.6 Å². The van der Waals surface area contributed by atoms with Gasteiger partial charge in [-0.15, -0.1) is 0 Å². The van der Waals surface area contributed by atoms with Crippen LogP contribution in [0.4, 0.5) is 5.69 Å². The number of nitrogens with one attached hydrogen (secondary N) is 1. The number of halogens is 1. The van der Waals surface area contributed by atoms with Crippen molar-refractivity contribution in [1.29, 1.82) is 0 Å². The largest absolute Gasteiger partial charge is 0.323 e. The third kappa shape index (κ3) is 4.69. The van der Waals surface area contributed by atoms with Crippen LogP contribution in [0.25, 0.3) is 10.9 Å². The number of sulfonamides is 1. The summed E-state index contributed by atoms with van der Waals surface area (Å²) in [5.74, 6) is -0.447. The van der Waals surface area contributed by atoms with E-state index in [1.54, 1.807) is 24.3 Å². The third-order valence-corrected chi connectivity index (χ3v) is 7.69. The smallest absolute Gasteiger partial charge is 0.246 e. The van der Waals surface area contributed by atoms with Gasteiger partial charge < -0.3 is 5.32 Å². The number of hydrogen-bond acceptors (Lipinski definition) is 5. The van der Waals surface area contributed by atoms with Crippen LogP contribution in [0.3, 0.4) is 0 Å². The molecule has 0 saturated carbocycles. The van der Waals surface area contributed by atoms with Crippen LogP contribution < -0.4 is 10.7 Å². The highest BCUT2D eigenvalue weighted by Crippen LogP contribution is 2.28. The molecular formula is C22H23ClN4O4S. The molecule has 0 radical (unpaired) electrons. The zero-order valence-corrected chi connectivity index (χ0v) is 18.9. The van der Waals surface area contributed by atoms with Gasteiger partial charge in [0.15, 0.2) is 0 Å². The Morgan fingerprint density at radius 2 is 1.78 bits per heavy atom. The second kappa shape index (κ2) is 9.40. The Bertz CT molecular complexity index is 1320. The number of benzene rings is 2. The Kier molecular flexibility index (Phi) is 6.59. The summed E-state index contributed by atoms with van der Waals surface area (Å²) in [4.78, 5) is 24.8. The van der Waals surface area contributed by atoms with Crippen molar-refractivity contribution in [3.05, 3.63) is 63.9 Å². The van der Waals surface area contributed by atoms with E-state index in [0.29, 0.717) is 24.0 Å². The lowest BCUT2D eigenvalue weighted by Gasteiger charge is -2.20. The maximum absolute atomic E-state index is 13.1. The zero-order valence-electron chi connectivity index (χ0n) is 17.3. The lowest BCUT2D eigenvalue weighted by atomic mass is 10.2. The van der Waals surface area contributed by atoms with Gasteiger partial charge in [0, 0.05) is 18.5 Å². The van der Waals surface area contributed by atoms with Crippen molar-refractivity contribution in [2.45, 2.75) is 37.1 Å². The number of hydrogen-bond donors (Lipinski definition) is 1. The minimum Gasteiger partial charge on any atom is -0.323 e. The van der Waals surface area contributed by atoms with E-state index in [9.17, 15) is 18.0 Å². The second-order valence-electron chi connectivity index (χ2n) is 7.69. The van der Waals surface area contributed by atoms with Gasteiger partial charge in [0.25, 0.3) is 0 Å². The summed E-state index contributed by atoms with van der Waals surface area (Å²) in [6.45, 7) is 0.801. The standard InChI is InChI=1S/C22H23ClN4O4S/c23-18-10-9-16(32(30,31)26-11-5-1-2-6-12-26)13-19(18)25-22(29)15-27-20-8-4-3-7-17(20)21(28)14-24-27/h3-4,7-10,13-14H,1-2,5-6,11-12,15H2,(H,25,29). The minimum absolute atomic E-state index is 0.0889. The van der Waals surface area contributed by atoms with E-state index in [4.69, 9.17) is 11.6 Å². The molecule has 2 aromatic carbocycles. The molecule has 4 rings (SSSR count). The SMILES string of the molecule is O=C(Cn1ncc(=O)c2ccccc21)Nc1cc(S(=O)(=O)N2CCCCCC2)ccc1Cl. The van der Waals surface area contributed by atoms with Gasteiger partial charge in [0.05, 0.1) is 27.3 Å². The lowest BCUT2D eigenvalue weighted by molar-refractivity contribution is -0.116. The number of carbonyl (C=O) groups is 1. The van der Waals surface area contributed by atoms with Gasteiger partial charge in [-0.3, -0.25) is 14.3 Å². The molecule has 1 aromatic heterocycles. The second-order valence-corrected chi connectivity index (χ2v) is 10.0. The summed E-state index contributed by atoms with van der Waals surface area (Å²) >= 11 is 6.23. The average Bonchev–Trinajstić information content (AvgIpc) is 3.08. The molecule has 1 amide bonds. The number of carbonyl (C=O) groups excluding carboxylic acids is 1. The van der Waals surface area contributed by atoms with Crippen molar-refractivity contribution in [2.75, 3.05) is 18.4 Å². The summed E-state index contributed by atoms with van der Waals surface area (Å²) in [5, 5.41) is 7.40. The molecule has 0 bridgehead atoms. The monoisotopic (exact) mass is 474 g/mol. The Morgan fingerprint density at radius 1 is 1.06 bits per heavy atom. The Balaban J connectivity index is 1.57. The predicted octanol–water partition coefficient (Wildman–Crippen LogP) is 3.25. The maximum atomic E-state index is 13.1. The third-order valence-electron chi connectivity index (χ3n) is 5.47. The highest BCUT2D eigenvalue weighted by atomic mass is 35.5. The van der Waals surface area contributed by atoms with Crippen LogP contribution in [0.5, 0.6) is 0 Å². The quantitative estimate of drug-likeness (QED) is 0.611. The summed E-state index contributed by atoms with van der Waals surface area (Å²) in [7, 11) is -3.68. The fourth-order valence-electron chi connectivity index (χ4n) is 3.80. The van der Waals surface area contributed by atoms with Crippen LogP contribution in [0.15, 0.2) is 58.4 Å². The van der Waals surface area contributed by atoms with Crippen LogP contribution in [-0.4, -0.2) is 41.5 Å². The summed E-state index contributed by atoms with van der Waals surface area (Å²) in [6, 6.07) is 11.2. The molecule has 0 unspecified atom stereocenters. The molecule has 0 atom stereocenters. The van der Waals surface area contributed by atoms with Gasteiger partial charge in [-0.25, -0.2) is 8.42 Å². The van der Waals surface area contributed by atoms with Gasteiger partial charge in [0.1, 0.15) is 6.54 Å². The molecule has 0 aliphatic carbocycles. The summed E-state index contributed by atoms with van der Waals surface area (Å²) in [6.07, 6.45) is 4.85. The Labute approximate surface area is 190 Å². The first kappa shape index (κ1) is 22.4. The fraction of sp³-hybridized carbons (Fsp3) is 0.318. The molecule has 0 spiro atoms.